The van der Waals surface area contributed by atoms with Crippen LogP contribution in [-0.2, 0) is 19.4 Å². The molecule has 2 aromatic heterocycles. The van der Waals surface area contributed by atoms with E-state index in [1.807, 2.05) is 33.7 Å². The first-order valence-corrected chi connectivity index (χ1v) is 10.7. The van der Waals surface area contributed by atoms with Crippen LogP contribution in [0.25, 0.3) is 16.3 Å². The van der Waals surface area contributed by atoms with Gasteiger partial charge in [-0.2, -0.15) is 4.98 Å². The predicted octanol–water partition coefficient (Wildman–Crippen LogP) is 4.75. The molecule has 0 radical (unpaired) electrons. The number of benzene rings is 2. The van der Waals surface area contributed by atoms with Crippen LogP contribution in [0.5, 0.6) is 0 Å². The summed E-state index contributed by atoms with van der Waals surface area (Å²) in [5.74, 6) is 0.303. The smallest absolute Gasteiger partial charge is 0.319 e. The fraction of sp³-hybridized carbons (Fsp3) is 0.227. The normalized spacial score (nSPS) is 13.5. The molecular formula is C22H20FN5OS. The maximum Gasteiger partial charge on any atom is 0.322 e. The van der Waals surface area contributed by atoms with E-state index in [9.17, 15) is 9.18 Å². The second-order valence-electron chi connectivity index (χ2n) is 7.22. The second kappa shape index (κ2) is 7.53. The predicted molar refractivity (Wildman–Crippen MR) is 115 cm³/mol. The van der Waals surface area contributed by atoms with E-state index in [0.29, 0.717) is 25.3 Å². The highest BCUT2D eigenvalue weighted by Crippen LogP contribution is 2.30. The Balaban J connectivity index is 1.36. The van der Waals surface area contributed by atoms with Crippen LogP contribution in [0.4, 0.5) is 14.9 Å². The van der Waals surface area contributed by atoms with Crippen molar-refractivity contribution in [1.82, 2.24) is 19.5 Å². The zero-order chi connectivity index (χ0) is 20.7. The first-order chi connectivity index (χ1) is 14.6. The van der Waals surface area contributed by atoms with E-state index >= 15 is 0 Å². The van der Waals surface area contributed by atoms with Gasteiger partial charge >= 0.3 is 6.03 Å². The van der Waals surface area contributed by atoms with Gasteiger partial charge in [0.2, 0.25) is 4.96 Å². The van der Waals surface area contributed by atoms with Crippen LogP contribution in [-0.4, -0.2) is 32.1 Å². The minimum atomic E-state index is -0.280. The van der Waals surface area contributed by atoms with Crippen molar-refractivity contribution in [3.8, 4) is 11.4 Å². The highest BCUT2D eigenvalue weighted by atomic mass is 32.1. The van der Waals surface area contributed by atoms with Crippen LogP contribution >= 0.6 is 11.3 Å². The molecule has 6 nitrogen and oxygen atoms in total. The average Bonchev–Trinajstić information content (AvgIpc) is 3.32. The third-order valence-electron chi connectivity index (χ3n) is 5.35. The molecule has 0 atom stereocenters. The van der Waals surface area contributed by atoms with Gasteiger partial charge in [0.05, 0.1) is 12.2 Å². The second-order valence-corrected chi connectivity index (χ2v) is 8.28. The molecular weight excluding hydrogens is 401 g/mol. The molecule has 1 aliphatic heterocycles. The van der Waals surface area contributed by atoms with E-state index in [0.717, 1.165) is 38.8 Å². The molecule has 0 spiro atoms. The average molecular weight is 422 g/mol. The number of anilines is 1. The number of aryl methyl sites for hydroxylation is 1. The topological polar surface area (TPSA) is 62.5 Å². The van der Waals surface area contributed by atoms with Crippen molar-refractivity contribution >= 4 is 28.0 Å². The van der Waals surface area contributed by atoms with Gasteiger partial charge in [0.15, 0.2) is 5.82 Å². The summed E-state index contributed by atoms with van der Waals surface area (Å²) in [6, 6.07) is 14.0. The standard InChI is InChI=1S/C22H20FN5OS/c1-2-14-5-3-4-6-17(14)24-21(29)27-12-11-18-19(13-27)30-22-25-20(26-28(18)22)15-7-9-16(23)10-8-15/h3-10H,2,11-13H2,1H3,(H,24,29). The summed E-state index contributed by atoms with van der Waals surface area (Å²) in [6.07, 6.45) is 1.58. The molecule has 152 valence electrons. The van der Waals surface area contributed by atoms with E-state index in [4.69, 9.17) is 0 Å². The van der Waals surface area contributed by atoms with Crippen molar-refractivity contribution in [3.05, 3.63) is 70.5 Å². The number of thiazole rings is 1. The molecule has 0 saturated heterocycles. The zero-order valence-corrected chi connectivity index (χ0v) is 17.2. The number of aromatic nitrogens is 3. The van der Waals surface area contributed by atoms with Crippen molar-refractivity contribution in [2.75, 3.05) is 11.9 Å². The van der Waals surface area contributed by atoms with Crippen LogP contribution in [0.15, 0.2) is 48.5 Å². The molecule has 5 rings (SSSR count). The maximum absolute atomic E-state index is 13.2. The van der Waals surface area contributed by atoms with Crippen LogP contribution in [0.3, 0.4) is 0 Å². The van der Waals surface area contributed by atoms with Gasteiger partial charge in [-0.25, -0.2) is 13.7 Å². The van der Waals surface area contributed by atoms with E-state index < -0.39 is 0 Å². The highest BCUT2D eigenvalue weighted by molar-refractivity contribution is 7.17. The summed E-state index contributed by atoms with van der Waals surface area (Å²) in [4.78, 5) is 21.1. The monoisotopic (exact) mass is 421 g/mol. The molecule has 0 bridgehead atoms. The molecule has 0 saturated carbocycles. The molecule has 2 amide bonds. The lowest BCUT2D eigenvalue weighted by Crippen LogP contribution is -2.38. The Kier molecular flexibility index (Phi) is 4.71. The van der Waals surface area contributed by atoms with Gasteiger partial charge in [-0.05, 0) is 42.3 Å². The number of hydrogen-bond donors (Lipinski definition) is 1. The summed E-state index contributed by atoms with van der Waals surface area (Å²) in [6.45, 7) is 3.23. The van der Waals surface area contributed by atoms with E-state index in [1.165, 1.54) is 12.1 Å². The number of fused-ring (bicyclic) bond motifs is 3. The number of nitrogens with one attached hydrogen (secondary N) is 1. The Hall–Kier alpha value is -3.26. The number of hydrogen-bond acceptors (Lipinski definition) is 4. The van der Waals surface area contributed by atoms with Gasteiger partial charge < -0.3 is 10.2 Å². The van der Waals surface area contributed by atoms with Crippen LogP contribution in [0.1, 0.15) is 23.1 Å². The SMILES string of the molecule is CCc1ccccc1NC(=O)N1CCc2c(sc3nc(-c4ccc(F)cc4)nn23)C1. The number of nitrogens with zero attached hydrogens (tertiary/aromatic N) is 4. The molecule has 2 aromatic carbocycles. The summed E-state index contributed by atoms with van der Waals surface area (Å²) >= 11 is 1.55. The molecule has 0 aliphatic carbocycles. The van der Waals surface area contributed by atoms with Crippen LogP contribution in [0.2, 0.25) is 0 Å². The third kappa shape index (κ3) is 3.33. The fourth-order valence-corrected chi connectivity index (χ4v) is 4.85. The van der Waals surface area contributed by atoms with Gasteiger partial charge in [0.1, 0.15) is 5.82 Å². The molecule has 3 heterocycles. The van der Waals surface area contributed by atoms with Crippen molar-refractivity contribution in [2.24, 2.45) is 0 Å². The number of halogens is 1. The first-order valence-electron chi connectivity index (χ1n) is 9.89. The number of carbonyl (C=O) groups is 1. The van der Waals surface area contributed by atoms with Crippen molar-refractivity contribution in [1.29, 1.82) is 0 Å². The Bertz CT molecular complexity index is 1230. The Morgan fingerprint density at radius 3 is 2.80 bits per heavy atom. The molecule has 0 unspecified atom stereocenters. The lowest BCUT2D eigenvalue weighted by molar-refractivity contribution is 0.206. The lowest BCUT2D eigenvalue weighted by atomic mass is 10.1. The third-order valence-corrected chi connectivity index (χ3v) is 6.41. The van der Waals surface area contributed by atoms with E-state index in [1.54, 1.807) is 23.5 Å². The first kappa shape index (κ1) is 18.7. The Morgan fingerprint density at radius 2 is 2.00 bits per heavy atom. The Labute approximate surface area is 177 Å². The maximum atomic E-state index is 13.2. The highest BCUT2D eigenvalue weighted by Gasteiger charge is 2.26. The van der Waals surface area contributed by atoms with Gasteiger partial charge in [0.25, 0.3) is 0 Å². The summed E-state index contributed by atoms with van der Waals surface area (Å²) < 4.78 is 15.0. The summed E-state index contributed by atoms with van der Waals surface area (Å²) in [7, 11) is 0. The minimum Gasteiger partial charge on any atom is -0.319 e. The lowest BCUT2D eigenvalue weighted by Gasteiger charge is -2.27. The van der Waals surface area contributed by atoms with Gasteiger partial charge in [-0.15, -0.1) is 5.10 Å². The van der Waals surface area contributed by atoms with Gasteiger partial charge in [0, 0.05) is 29.1 Å². The molecule has 0 fully saturated rings. The summed E-state index contributed by atoms with van der Waals surface area (Å²) in [5.41, 5.74) is 3.86. The van der Waals surface area contributed by atoms with E-state index in [2.05, 4.69) is 22.3 Å². The molecule has 4 aromatic rings. The largest absolute Gasteiger partial charge is 0.322 e. The summed E-state index contributed by atoms with van der Waals surface area (Å²) in [5, 5.41) is 7.67. The molecule has 30 heavy (non-hydrogen) atoms. The van der Waals surface area contributed by atoms with E-state index in [-0.39, 0.29) is 11.8 Å². The number of rotatable bonds is 3. The van der Waals surface area contributed by atoms with Gasteiger partial charge in [-0.3, -0.25) is 0 Å². The number of para-hydroxylation sites is 1. The Morgan fingerprint density at radius 1 is 1.20 bits per heavy atom. The van der Waals surface area contributed by atoms with Gasteiger partial charge in [-0.1, -0.05) is 36.5 Å². The number of urea groups is 1. The fourth-order valence-electron chi connectivity index (χ4n) is 3.73. The van der Waals surface area contributed by atoms with Crippen molar-refractivity contribution < 1.29 is 9.18 Å². The van der Waals surface area contributed by atoms with Crippen molar-refractivity contribution in [3.63, 3.8) is 0 Å². The minimum absolute atomic E-state index is 0.0902. The molecule has 1 aliphatic rings. The quantitative estimate of drug-likeness (QED) is 0.519. The van der Waals surface area contributed by atoms with Crippen LogP contribution in [0, 0.1) is 5.82 Å². The molecule has 8 heteroatoms. The zero-order valence-electron chi connectivity index (χ0n) is 16.4. The van der Waals surface area contributed by atoms with Crippen LogP contribution < -0.4 is 5.32 Å². The molecule has 1 N–H and O–H groups in total. The number of carbonyl (C=O) groups excluding carboxylic acids is 1. The van der Waals surface area contributed by atoms with Crippen molar-refractivity contribution in [2.45, 2.75) is 26.3 Å². The number of amides is 2.